The van der Waals surface area contributed by atoms with E-state index in [1.54, 1.807) is 7.11 Å². The third-order valence-electron chi connectivity index (χ3n) is 3.01. The first-order chi connectivity index (χ1) is 10.1. The van der Waals surface area contributed by atoms with Crippen LogP contribution in [0.1, 0.15) is 17.7 Å². The highest BCUT2D eigenvalue weighted by Gasteiger charge is 2.12. The molecule has 1 aromatic heterocycles. The monoisotopic (exact) mass is 341 g/mol. The van der Waals surface area contributed by atoms with Gasteiger partial charge in [0.15, 0.2) is 5.13 Å². The summed E-state index contributed by atoms with van der Waals surface area (Å²) >= 11 is 1.48. The lowest BCUT2D eigenvalue weighted by atomic mass is 10.1. The fourth-order valence-electron chi connectivity index (χ4n) is 1.91. The number of aryl methyl sites for hydroxylation is 1. The molecule has 0 aliphatic carbocycles. The van der Waals surface area contributed by atoms with Gasteiger partial charge in [0.2, 0.25) is 5.91 Å². The Balaban J connectivity index is 0.00000242. The summed E-state index contributed by atoms with van der Waals surface area (Å²) in [7, 11) is 1.64. The predicted octanol–water partition coefficient (Wildman–Crippen LogP) is 3.23. The predicted molar refractivity (Wildman–Crippen MR) is 93.0 cm³/mol. The first kappa shape index (κ1) is 18.4. The van der Waals surface area contributed by atoms with Crippen LogP contribution < -0.4 is 15.8 Å². The van der Waals surface area contributed by atoms with Crippen molar-refractivity contribution in [3.05, 3.63) is 29.1 Å². The number of methoxy groups -OCH3 is 1. The SMILES string of the molecule is COc1ccc(-c2nc(NC(=O)CCCN)sc2C)cc1.Cl. The van der Waals surface area contributed by atoms with E-state index < -0.39 is 0 Å². The minimum absolute atomic E-state index is 0. The molecule has 0 atom stereocenters. The molecule has 2 rings (SSSR count). The van der Waals surface area contributed by atoms with Gasteiger partial charge < -0.3 is 15.8 Å². The molecule has 0 aliphatic rings. The van der Waals surface area contributed by atoms with Crippen LogP contribution in [0.3, 0.4) is 0 Å². The largest absolute Gasteiger partial charge is 0.497 e. The van der Waals surface area contributed by atoms with Gasteiger partial charge in [-0.3, -0.25) is 4.79 Å². The summed E-state index contributed by atoms with van der Waals surface area (Å²) in [5, 5.41) is 3.44. The summed E-state index contributed by atoms with van der Waals surface area (Å²) in [4.78, 5) is 17.3. The lowest BCUT2D eigenvalue weighted by Crippen LogP contribution is -2.13. The van der Waals surface area contributed by atoms with Crippen molar-refractivity contribution >= 4 is 34.8 Å². The minimum atomic E-state index is -0.0459. The van der Waals surface area contributed by atoms with Crippen LogP contribution >= 0.6 is 23.7 Å². The van der Waals surface area contributed by atoms with Gasteiger partial charge in [-0.05, 0) is 44.2 Å². The highest BCUT2D eigenvalue weighted by Crippen LogP contribution is 2.31. The zero-order valence-electron chi connectivity index (χ0n) is 12.6. The third-order valence-corrected chi connectivity index (χ3v) is 3.90. The lowest BCUT2D eigenvalue weighted by Gasteiger charge is -2.02. The molecule has 1 amide bonds. The summed E-state index contributed by atoms with van der Waals surface area (Å²) < 4.78 is 5.15. The highest BCUT2D eigenvalue weighted by atomic mass is 35.5. The van der Waals surface area contributed by atoms with Crippen LogP contribution in [-0.2, 0) is 4.79 Å². The molecule has 0 saturated heterocycles. The number of carbonyl (C=O) groups is 1. The highest BCUT2D eigenvalue weighted by molar-refractivity contribution is 7.16. The van der Waals surface area contributed by atoms with Gasteiger partial charge in [-0.25, -0.2) is 4.98 Å². The van der Waals surface area contributed by atoms with Crippen LogP contribution in [0.15, 0.2) is 24.3 Å². The number of rotatable bonds is 6. The van der Waals surface area contributed by atoms with Crippen LogP contribution in [0.5, 0.6) is 5.75 Å². The number of nitrogens with zero attached hydrogens (tertiary/aromatic N) is 1. The number of anilines is 1. The van der Waals surface area contributed by atoms with Crippen molar-refractivity contribution in [1.29, 1.82) is 0 Å². The Kier molecular flexibility index (Phi) is 7.31. The number of thiazole rings is 1. The molecule has 22 heavy (non-hydrogen) atoms. The van der Waals surface area contributed by atoms with E-state index in [-0.39, 0.29) is 18.3 Å². The summed E-state index contributed by atoms with van der Waals surface area (Å²) in [6, 6.07) is 7.71. The average molecular weight is 342 g/mol. The van der Waals surface area contributed by atoms with Gasteiger partial charge in [0, 0.05) is 16.9 Å². The van der Waals surface area contributed by atoms with Crippen molar-refractivity contribution in [2.24, 2.45) is 5.73 Å². The summed E-state index contributed by atoms with van der Waals surface area (Å²) in [6.07, 6.45) is 1.11. The molecule has 1 aromatic carbocycles. The summed E-state index contributed by atoms with van der Waals surface area (Å²) in [6.45, 7) is 2.51. The molecule has 2 aromatic rings. The van der Waals surface area contributed by atoms with Crippen LogP contribution in [0.25, 0.3) is 11.3 Å². The first-order valence-corrected chi connectivity index (χ1v) is 7.57. The fourth-order valence-corrected chi connectivity index (χ4v) is 2.76. The molecule has 0 saturated carbocycles. The van der Waals surface area contributed by atoms with Crippen molar-refractivity contribution in [2.75, 3.05) is 19.0 Å². The van der Waals surface area contributed by atoms with Gasteiger partial charge in [-0.1, -0.05) is 0 Å². The second kappa shape index (κ2) is 8.73. The molecule has 0 radical (unpaired) electrons. The number of hydrogen-bond acceptors (Lipinski definition) is 5. The zero-order valence-corrected chi connectivity index (χ0v) is 14.2. The second-order valence-corrected chi connectivity index (χ2v) is 5.80. The van der Waals surface area contributed by atoms with E-state index in [0.29, 0.717) is 24.5 Å². The number of benzene rings is 1. The van der Waals surface area contributed by atoms with Gasteiger partial charge in [-0.15, -0.1) is 23.7 Å². The minimum Gasteiger partial charge on any atom is -0.497 e. The molecule has 0 unspecified atom stereocenters. The maximum Gasteiger partial charge on any atom is 0.226 e. The summed E-state index contributed by atoms with van der Waals surface area (Å²) in [5.74, 6) is 0.762. The van der Waals surface area contributed by atoms with Crippen molar-refractivity contribution < 1.29 is 9.53 Å². The van der Waals surface area contributed by atoms with Gasteiger partial charge in [0.1, 0.15) is 5.75 Å². The van der Waals surface area contributed by atoms with Crippen molar-refractivity contribution in [3.8, 4) is 17.0 Å². The average Bonchev–Trinajstić information content (AvgIpc) is 2.85. The maximum atomic E-state index is 11.7. The Bertz CT molecular complexity index is 614. The van der Waals surface area contributed by atoms with Crippen LogP contribution in [0.2, 0.25) is 0 Å². The van der Waals surface area contributed by atoms with E-state index in [2.05, 4.69) is 10.3 Å². The van der Waals surface area contributed by atoms with Crippen LogP contribution in [0.4, 0.5) is 5.13 Å². The van der Waals surface area contributed by atoms with Crippen molar-refractivity contribution in [3.63, 3.8) is 0 Å². The van der Waals surface area contributed by atoms with Crippen LogP contribution in [0, 0.1) is 6.92 Å². The van der Waals surface area contributed by atoms with E-state index in [4.69, 9.17) is 10.5 Å². The number of hydrogen-bond donors (Lipinski definition) is 2. The fraction of sp³-hybridized carbons (Fsp3) is 0.333. The Labute approximate surface area is 140 Å². The quantitative estimate of drug-likeness (QED) is 0.845. The van der Waals surface area contributed by atoms with Crippen molar-refractivity contribution in [1.82, 2.24) is 4.98 Å². The number of nitrogens with two attached hydrogens (primary N) is 1. The van der Waals surface area contributed by atoms with Gasteiger partial charge >= 0.3 is 0 Å². The number of amides is 1. The van der Waals surface area contributed by atoms with Gasteiger partial charge in [0.25, 0.3) is 0 Å². The molecule has 0 bridgehead atoms. The molecule has 120 valence electrons. The number of nitrogens with one attached hydrogen (secondary N) is 1. The number of halogens is 1. The molecule has 5 nitrogen and oxygen atoms in total. The molecule has 0 spiro atoms. The third kappa shape index (κ3) is 4.69. The molecule has 1 heterocycles. The zero-order chi connectivity index (χ0) is 15.2. The van der Waals surface area contributed by atoms with Crippen LogP contribution in [-0.4, -0.2) is 24.5 Å². The molecular formula is C15H20ClN3O2S. The van der Waals surface area contributed by atoms with E-state index in [1.165, 1.54) is 11.3 Å². The Hall–Kier alpha value is -1.63. The molecule has 7 heteroatoms. The molecule has 0 aliphatic heterocycles. The van der Waals surface area contributed by atoms with E-state index >= 15 is 0 Å². The molecule has 0 fully saturated rings. The lowest BCUT2D eigenvalue weighted by molar-refractivity contribution is -0.116. The van der Waals surface area contributed by atoms with Gasteiger partial charge in [-0.2, -0.15) is 0 Å². The normalized spacial score (nSPS) is 9.95. The van der Waals surface area contributed by atoms with E-state index in [9.17, 15) is 4.79 Å². The Morgan fingerprint density at radius 2 is 2.05 bits per heavy atom. The Morgan fingerprint density at radius 3 is 2.64 bits per heavy atom. The number of aromatic nitrogens is 1. The molecular weight excluding hydrogens is 322 g/mol. The molecule has 3 N–H and O–H groups in total. The number of carbonyl (C=O) groups excluding carboxylic acids is 1. The second-order valence-electron chi connectivity index (χ2n) is 4.59. The van der Waals surface area contributed by atoms with Gasteiger partial charge in [0.05, 0.1) is 12.8 Å². The maximum absolute atomic E-state index is 11.7. The topological polar surface area (TPSA) is 77.2 Å². The standard InChI is InChI=1S/C15H19N3O2S.ClH/c1-10-14(11-5-7-12(20-2)8-6-11)18-15(21-10)17-13(19)4-3-9-16;/h5-8H,3-4,9,16H2,1-2H3,(H,17,18,19);1H. The number of ether oxygens (including phenoxy) is 1. The smallest absolute Gasteiger partial charge is 0.226 e. The van der Waals surface area contributed by atoms with Crippen molar-refractivity contribution in [2.45, 2.75) is 19.8 Å². The summed E-state index contributed by atoms with van der Waals surface area (Å²) in [5.41, 5.74) is 7.29. The Morgan fingerprint density at radius 1 is 1.36 bits per heavy atom. The first-order valence-electron chi connectivity index (χ1n) is 6.76. The van der Waals surface area contributed by atoms with E-state index in [1.807, 2.05) is 31.2 Å². The van der Waals surface area contributed by atoms with E-state index in [0.717, 1.165) is 21.9 Å².